The molecule has 2 aliphatic heterocycles. The molecule has 1 saturated carbocycles. The number of ether oxygens (including phenoxy) is 2. The molecular weight excluding hydrogens is 268 g/mol. The van der Waals surface area contributed by atoms with Gasteiger partial charge in [-0.1, -0.05) is 19.3 Å². The molecule has 1 aliphatic carbocycles. The van der Waals surface area contributed by atoms with Crippen molar-refractivity contribution in [2.24, 2.45) is 0 Å². The van der Waals surface area contributed by atoms with E-state index >= 15 is 0 Å². The van der Waals surface area contributed by atoms with Crippen LogP contribution in [0.25, 0.3) is 0 Å². The van der Waals surface area contributed by atoms with Crippen LogP contribution in [0, 0.1) is 0 Å². The second kappa shape index (κ2) is 7.07. The molecule has 0 aromatic heterocycles. The van der Waals surface area contributed by atoms with Gasteiger partial charge in [-0.3, -0.25) is 9.69 Å². The van der Waals surface area contributed by atoms with E-state index in [1.807, 2.05) is 0 Å². The predicted molar refractivity (Wildman–Crippen MR) is 80.2 cm³/mol. The van der Waals surface area contributed by atoms with Crippen molar-refractivity contribution in [3.63, 3.8) is 0 Å². The minimum Gasteiger partial charge on any atom is -0.379 e. The maximum Gasteiger partial charge on any atom is 0.249 e. The molecule has 5 heteroatoms. The summed E-state index contributed by atoms with van der Waals surface area (Å²) in [7, 11) is 0. The van der Waals surface area contributed by atoms with Crippen molar-refractivity contribution in [2.75, 3.05) is 39.5 Å². The molecule has 3 fully saturated rings. The first-order valence-corrected chi connectivity index (χ1v) is 8.52. The lowest BCUT2D eigenvalue weighted by Gasteiger charge is -2.48. The fourth-order valence-electron chi connectivity index (χ4n) is 4.00. The van der Waals surface area contributed by atoms with Crippen LogP contribution in [-0.2, 0) is 14.3 Å². The van der Waals surface area contributed by atoms with Gasteiger partial charge in [-0.05, 0) is 25.7 Å². The number of hydrogen-bond acceptors (Lipinski definition) is 4. The van der Waals surface area contributed by atoms with E-state index in [2.05, 4.69) is 10.2 Å². The van der Waals surface area contributed by atoms with Crippen LogP contribution in [0.2, 0.25) is 0 Å². The molecule has 3 rings (SSSR count). The highest BCUT2D eigenvalue weighted by molar-refractivity contribution is 5.81. The summed E-state index contributed by atoms with van der Waals surface area (Å²) in [6.45, 7) is 5.13. The quantitative estimate of drug-likeness (QED) is 0.850. The number of hydrogen-bond donors (Lipinski definition) is 1. The topological polar surface area (TPSA) is 50.8 Å². The SMILES string of the molecule is O=C(NCC1(N2CCOCC2)CCCCC1)[C@@H]1CCCO1. The fourth-order valence-corrected chi connectivity index (χ4v) is 4.00. The molecule has 1 atom stereocenters. The van der Waals surface area contributed by atoms with Gasteiger partial charge in [-0.2, -0.15) is 0 Å². The van der Waals surface area contributed by atoms with E-state index in [1.54, 1.807) is 0 Å². The average Bonchev–Trinajstić information content (AvgIpc) is 3.09. The third-order valence-corrected chi connectivity index (χ3v) is 5.28. The van der Waals surface area contributed by atoms with E-state index in [9.17, 15) is 4.79 Å². The summed E-state index contributed by atoms with van der Waals surface area (Å²) < 4.78 is 11.0. The first-order chi connectivity index (χ1) is 10.3. The van der Waals surface area contributed by atoms with E-state index in [4.69, 9.17) is 9.47 Å². The summed E-state index contributed by atoms with van der Waals surface area (Å²) in [6, 6.07) is 0. The van der Waals surface area contributed by atoms with Crippen molar-refractivity contribution in [3.8, 4) is 0 Å². The Kier molecular flexibility index (Phi) is 5.14. The van der Waals surface area contributed by atoms with Crippen molar-refractivity contribution in [1.82, 2.24) is 10.2 Å². The predicted octanol–water partition coefficient (Wildman–Crippen LogP) is 1.32. The summed E-state index contributed by atoms with van der Waals surface area (Å²) in [6.07, 6.45) is 7.92. The fraction of sp³-hybridized carbons (Fsp3) is 0.938. The van der Waals surface area contributed by atoms with Gasteiger partial charge in [0.25, 0.3) is 0 Å². The summed E-state index contributed by atoms with van der Waals surface area (Å²) in [5.41, 5.74) is 0.149. The second-order valence-corrected chi connectivity index (χ2v) is 6.60. The highest BCUT2D eigenvalue weighted by Gasteiger charge is 2.39. The number of nitrogens with zero attached hydrogens (tertiary/aromatic N) is 1. The van der Waals surface area contributed by atoms with Crippen LogP contribution in [0.3, 0.4) is 0 Å². The van der Waals surface area contributed by atoms with E-state index < -0.39 is 0 Å². The van der Waals surface area contributed by atoms with Gasteiger partial charge in [0, 0.05) is 31.8 Å². The van der Waals surface area contributed by atoms with Gasteiger partial charge in [-0.25, -0.2) is 0 Å². The zero-order valence-electron chi connectivity index (χ0n) is 12.9. The lowest BCUT2D eigenvalue weighted by Crippen LogP contribution is -2.60. The molecule has 0 aromatic rings. The van der Waals surface area contributed by atoms with Gasteiger partial charge in [0.2, 0.25) is 5.91 Å². The van der Waals surface area contributed by atoms with Crippen LogP contribution in [0.15, 0.2) is 0 Å². The number of carbonyl (C=O) groups excluding carboxylic acids is 1. The first-order valence-electron chi connectivity index (χ1n) is 8.52. The molecule has 0 bridgehead atoms. The number of amides is 1. The normalized spacial score (nSPS) is 30.2. The van der Waals surface area contributed by atoms with E-state index in [0.717, 1.165) is 52.3 Å². The van der Waals surface area contributed by atoms with Gasteiger partial charge in [0.1, 0.15) is 6.10 Å². The number of rotatable bonds is 4. The van der Waals surface area contributed by atoms with Crippen LogP contribution in [-0.4, -0.2) is 61.9 Å². The Hall–Kier alpha value is -0.650. The molecule has 0 radical (unpaired) electrons. The zero-order valence-corrected chi connectivity index (χ0v) is 12.9. The van der Waals surface area contributed by atoms with Crippen LogP contribution in [0.5, 0.6) is 0 Å². The smallest absolute Gasteiger partial charge is 0.249 e. The van der Waals surface area contributed by atoms with Crippen molar-refractivity contribution >= 4 is 5.91 Å². The Bertz CT molecular complexity index is 343. The Morgan fingerprint density at radius 1 is 1.10 bits per heavy atom. The molecule has 21 heavy (non-hydrogen) atoms. The lowest BCUT2D eigenvalue weighted by molar-refractivity contribution is -0.131. The van der Waals surface area contributed by atoms with Crippen LogP contribution >= 0.6 is 0 Å². The Balaban J connectivity index is 1.60. The number of nitrogens with one attached hydrogen (secondary N) is 1. The molecule has 1 N–H and O–H groups in total. The second-order valence-electron chi connectivity index (χ2n) is 6.60. The summed E-state index contributed by atoms with van der Waals surface area (Å²) in [4.78, 5) is 14.8. The zero-order chi connectivity index (χ0) is 14.5. The average molecular weight is 296 g/mol. The van der Waals surface area contributed by atoms with Gasteiger partial charge in [0.05, 0.1) is 13.2 Å². The molecule has 0 spiro atoms. The molecule has 2 heterocycles. The third kappa shape index (κ3) is 3.58. The summed E-state index contributed by atoms with van der Waals surface area (Å²) in [5, 5.41) is 3.19. The summed E-state index contributed by atoms with van der Waals surface area (Å²) >= 11 is 0. The minimum atomic E-state index is -0.213. The highest BCUT2D eigenvalue weighted by atomic mass is 16.5. The van der Waals surface area contributed by atoms with Crippen molar-refractivity contribution < 1.29 is 14.3 Å². The Morgan fingerprint density at radius 2 is 1.86 bits per heavy atom. The van der Waals surface area contributed by atoms with E-state index in [0.29, 0.717) is 0 Å². The maximum absolute atomic E-state index is 12.2. The van der Waals surface area contributed by atoms with Gasteiger partial charge in [-0.15, -0.1) is 0 Å². The molecule has 1 amide bonds. The van der Waals surface area contributed by atoms with Gasteiger partial charge in [0.15, 0.2) is 0 Å². The van der Waals surface area contributed by atoms with Crippen molar-refractivity contribution in [1.29, 1.82) is 0 Å². The first kappa shape index (κ1) is 15.3. The monoisotopic (exact) mass is 296 g/mol. The van der Waals surface area contributed by atoms with Crippen molar-refractivity contribution in [3.05, 3.63) is 0 Å². The minimum absolute atomic E-state index is 0.0886. The van der Waals surface area contributed by atoms with E-state index in [1.165, 1.54) is 32.1 Å². The standard InChI is InChI=1S/C16H28N2O3/c19-15(14-5-4-10-21-14)17-13-16(6-2-1-3-7-16)18-8-11-20-12-9-18/h14H,1-13H2,(H,17,19)/t14-/m0/s1. The molecule has 5 nitrogen and oxygen atoms in total. The number of morpholine rings is 1. The maximum atomic E-state index is 12.2. The summed E-state index contributed by atoms with van der Waals surface area (Å²) in [5.74, 6) is 0.0886. The van der Waals surface area contributed by atoms with Crippen LogP contribution < -0.4 is 5.32 Å². The molecule has 0 aromatic carbocycles. The van der Waals surface area contributed by atoms with Gasteiger partial charge >= 0.3 is 0 Å². The molecule has 3 aliphatic rings. The number of carbonyl (C=O) groups is 1. The Morgan fingerprint density at radius 3 is 2.52 bits per heavy atom. The van der Waals surface area contributed by atoms with Gasteiger partial charge < -0.3 is 14.8 Å². The third-order valence-electron chi connectivity index (χ3n) is 5.28. The highest BCUT2D eigenvalue weighted by Crippen LogP contribution is 2.34. The Labute approximate surface area is 127 Å². The van der Waals surface area contributed by atoms with Crippen molar-refractivity contribution in [2.45, 2.75) is 56.6 Å². The molecule has 120 valence electrons. The van der Waals surface area contributed by atoms with Crippen LogP contribution in [0.4, 0.5) is 0 Å². The lowest BCUT2D eigenvalue weighted by atomic mass is 9.79. The molecular formula is C16H28N2O3. The molecule has 2 saturated heterocycles. The molecule has 0 unspecified atom stereocenters. The van der Waals surface area contributed by atoms with E-state index in [-0.39, 0.29) is 17.6 Å². The largest absolute Gasteiger partial charge is 0.379 e. The van der Waals surface area contributed by atoms with Crippen LogP contribution in [0.1, 0.15) is 44.9 Å².